The van der Waals surface area contributed by atoms with E-state index in [9.17, 15) is 14.3 Å². The first kappa shape index (κ1) is 32.2. The number of nitrogens with zero attached hydrogens (tertiary/aromatic N) is 4. The van der Waals surface area contributed by atoms with Crippen LogP contribution >= 0.6 is 0 Å². The summed E-state index contributed by atoms with van der Waals surface area (Å²) < 4.78 is 22.0. The van der Waals surface area contributed by atoms with Crippen molar-refractivity contribution >= 4 is 5.97 Å². The molecule has 3 atom stereocenters. The van der Waals surface area contributed by atoms with Gasteiger partial charge in [-0.15, -0.1) is 0 Å². The highest BCUT2D eigenvalue weighted by Gasteiger charge is 2.44. The highest BCUT2D eigenvalue weighted by molar-refractivity contribution is 5.74. The number of hydrogen-bond acceptors (Lipinski definition) is 5. The highest BCUT2D eigenvalue weighted by Crippen LogP contribution is 2.39. The van der Waals surface area contributed by atoms with E-state index in [-0.39, 0.29) is 17.7 Å². The molecule has 5 rings (SSSR count). The Kier molecular flexibility index (Phi) is 10.1. The maximum absolute atomic E-state index is 14.3. The number of likely N-dealkylation sites (tertiary alicyclic amines) is 2. The van der Waals surface area contributed by atoms with Gasteiger partial charge in [-0.2, -0.15) is 5.10 Å². The Morgan fingerprint density at radius 2 is 1.80 bits per heavy atom. The number of aryl methyl sites for hydroxylation is 1. The van der Waals surface area contributed by atoms with Gasteiger partial charge in [-0.25, -0.2) is 4.39 Å². The van der Waals surface area contributed by atoms with Crippen LogP contribution in [0.5, 0.6) is 5.75 Å². The molecule has 0 spiro atoms. The zero-order valence-electron chi connectivity index (χ0n) is 27.0. The van der Waals surface area contributed by atoms with Gasteiger partial charge in [0.15, 0.2) is 0 Å². The molecule has 2 aliphatic heterocycles. The molecule has 2 saturated heterocycles. The Bertz CT molecular complexity index is 1390. The van der Waals surface area contributed by atoms with Crippen LogP contribution in [0.1, 0.15) is 81.8 Å². The third-order valence-electron chi connectivity index (χ3n) is 9.44. The quantitative estimate of drug-likeness (QED) is 0.272. The molecule has 0 bridgehead atoms. The molecule has 0 unspecified atom stereocenters. The van der Waals surface area contributed by atoms with Gasteiger partial charge in [-0.05, 0) is 92.6 Å². The summed E-state index contributed by atoms with van der Waals surface area (Å²) in [5, 5.41) is 15.1. The molecule has 44 heavy (non-hydrogen) atoms. The summed E-state index contributed by atoms with van der Waals surface area (Å²) in [6, 6.07) is 16.9. The zero-order valence-corrected chi connectivity index (χ0v) is 27.0. The Hall–Kier alpha value is -3.23. The van der Waals surface area contributed by atoms with Crippen molar-refractivity contribution in [3.05, 3.63) is 82.9 Å². The van der Waals surface area contributed by atoms with Gasteiger partial charge in [0.25, 0.3) is 0 Å². The van der Waals surface area contributed by atoms with Crippen LogP contribution in [0.25, 0.3) is 0 Å². The molecule has 8 heteroatoms. The minimum Gasteiger partial charge on any atom is -0.494 e. The van der Waals surface area contributed by atoms with Gasteiger partial charge in [-0.3, -0.25) is 14.4 Å². The first-order chi connectivity index (χ1) is 21.0. The number of rotatable bonds is 11. The van der Waals surface area contributed by atoms with Gasteiger partial charge in [0.1, 0.15) is 17.6 Å². The molecule has 2 aliphatic rings. The van der Waals surface area contributed by atoms with Crippen LogP contribution in [-0.4, -0.2) is 76.0 Å². The maximum Gasteiger partial charge on any atom is 0.321 e. The molecular formula is C36H49FN4O3. The maximum atomic E-state index is 14.3. The van der Waals surface area contributed by atoms with Gasteiger partial charge < -0.3 is 14.7 Å². The molecule has 3 aromatic rings. The van der Waals surface area contributed by atoms with Crippen molar-refractivity contribution < 1.29 is 19.0 Å². The fraction of sp³-hybridized carbons (Fsp3) is 0.556. The molecule has 2 aromatic carbocycles. The van der Waals surface area contributed by atoms with Gasteiger partial charge in [0, 0.05) is 50.1 Å². The summed E-state index contributed by atoms with van der Waals surface area (Å²) in [6.45, 7) is 15.8. The van der Waals surface area contributed by atoms with Crippen molar-refractivity contribution in [2.75, 3.05) is 39.3 Å². The molecule has 0 aliphatic carbocycles. The number of ether oxygens (including phenoxy) is 1. The second kappa shape index (κ2) is 13.8. The summed E-state index contributed by atoms with van der Waals surface area (Å²) in [5.41, 5.74) is 4.22. The molecule has 0 radical (unpaired) electrons. The lowest BCUT2D eigenvalue weighted by Gasteiger charge is -2.36. The van der Waals surface area contributed by atoms with Gasteiger partial charge in [-0.1, -0.05) is 45.0 Å². The lowest BCUT2D eigenvalue weighted by molar-refractivity contribution is -0.147. The average Bonchev–Trinajstić information content (AvgIpc) is 3.57. The molecule has 3 heterocycles. The zero-order chi connectivity index (χ0) is 31.4. The van der Waals surface area contributed by atoms with E-state index in [1.54, 1.807) is 12.1 Å². The van der Waals surface area contributed by atoms with Crippen LogP contribution in [0.2, 0.25) is 0 Å². The Balaban J connectivity index is 1.25. The molecule has 0 amide bonds. The third kappa shape index (κ3) is 7.52. The molecule has 2 fully saturated rings. The summed E-state index contributed by atoms with van der Waals surface area (Å²) in [5.74, 6) is 0.668. The van der Waals surface area contributed by atoms with Crippen LogP contribution in [0.3, 0.4) is 0 Å². The fourth-order valence-corrected chi connectivity index (χ4v) is 7.47. The summed E-state index contributed by atoms with van der Waals surface area (Å²) in [7, 11) is 0. The first-order valence-corrected chi connectivity index (χ1v) is 16.3. The van der Waals surface area contributed by atoms with Crippen molar-refractivity contribution in [2.45, 2.75) is 78.3 Å². The molecule has 0 saturated carbocycles. The summed E-state index contributed by atoms with van der Waals surface area (Å²) >= 11 is 0. The van der Waals surface area contributed by atoms with Crippen molar-refractivity contribution in [1.82, 2.24) is 19.6 Å². The number of hydrogen-bond donors (Lipinski definition) is 1. The SMILES string of the molecule is CCOc1ccc(Cc2cc(C3CCN(C[C@H]4CN([C@@H](C(=O)O)C(C)(C)C)C[C@@H]4c4cccc(F)c4)CC3)n(CC)n2)cc1. The molecule has 1 N–H and O–H groups in total. The van der Waals surface area contributed by atoms with Gasteiger partial charge in [0.05, 0.1) is 12.3 Å². The second-order valence-corrected chi connectivity index (χ2v) is 13.7. The Morgan fingerprint density at radius 1 is 1.07 bits per heavy atom. The summed E-state index contributed by atoms with van der Waals surface area (Å²) in [6.07, 6.45) is 2.93. The van der Waals surface area contributed by atoms with Crippen molar-refractivity contribution in [2.24, 2.45) is 11.3 Å². The largest absolute Gasteiger partial charge is 0.494 e. The molecule has 1 aromatic heterocycles. The molecule has 7 nitrogen and oxygen atoms in total. The van der Waals surface area contributed by atoms with E-state index in [4.69, 9.17) is 9.84 Å². The lowest BCUT2D eigenvalue weighted by Crippen LogP contribution is -2.48. The standard InChI is InChI=1S/C36H49FN4O3/c1-6-41-33(21-30(38-41)19-25-11-13-31(14-12-25)44-7-2)26-15-17-39(18-16-26)22-28-23-40(34(35(42)43)36(3,4)5)24-32(28)27-9-8-10-29(37)20-27/h8-14,20-21,26,28,32,34H,6-7,15-19,22-24H2,1-5H3,(H,42,43)/t28-,32+,34-/m0/s1. The van der Waals surface area contributed by atoms with E-state index in [0.717, 1.165) is 62.4 Å². The number of halogens is 1. The van der Waals surface area contributed by atoms with Crippen LogP contribution in [-0.2, 0) is 17.8 Å². The van der Waals surface area contributed by atoms with Crippen LogP contribution < -0.4 is 4.74 Å². The summed E-state index contributed by atoms with van der Waals surface area (Å²) in [4.78, 5) is 17.0. The first-order valence-electron chi connectivity index (χ1n) is 16.3. The van der Waals surface area contributed by atoms with E-state index >= 15 is 0 Å². The van der Waals surface area contributed by atoms with Crippen molar-refractivity contribution in [3.63, 3.8) is 0 Å². The predicted octanol–water partition coefficient (Wildman–Crippen LogP) is 6.43. The number of carboxylic acids is 1. The minimum absolute atomic E-state index is 0.0966. The normalized spacial score (nSPS) is 21.0. The average molecular weight is 605 g/mol. The number of aliphatic carboxylic acids is 1. The number of carbonyl (C=O) groups is 1. The third-order valence-corrected chi connectivity index (χ3v) is 9.44. The predicted molar refractivity (Wildman–Crippen MR) is 172 cm³/mol. The van der Waals surface area contributed by atoms with Crippen molar-refractivity contribution in [1.29, 1.82) is 0 Å². The minimum atomic E-state index is -0.786. The Morgan fingerprint density at radius 3 is 2.41 bits per heavy atom. The molecule has 238 valence electrons. The van der Waals surface area contributed by atoms with E-state index in [1.165, 1.54) is 17.3 Å². The van der Waals surface area contributed by atoms with Crippen LogP contribution in [0.15, 0.2) is 54.6 Å². The van der Waals surface area contributed by atoms with E-state index in [1.807, 2.05) is 45.9 Å². The van der Waals surface area contributed by atoms with E-state index < -0.39 is 17.4 Å². The fourth-order valence-electron chi connectivity index (χ4n) is 7.47. The number of benzene rings is 2. The second-order valence-electron chi connectivity index (χ2n) is 13.7. The van der Waals surface area contributed by atoms with E-state index in [0.29, 0.717) is 25.6 Å². The van der Waals surface area contributed by atoms with Crippen molar-refractivity contribution in [3.8, 4) is 5.75 Å². The number of aromatic nitrogens is 2. The number of carboxylic acid groups (broad SMARTS) is 1. The van der Waals surface area contributed by atoms with E-state index in [2.05, 4.69) is 39.6 Å². The monoisotopic (exact) mass is 604 g/mol. The molecular weight excluding hydrogens is 555 g/mol. The highest BCUT2D eigenvalue weighted by atomic mass is 19.1. The van der Waals surface area contributed by atoms with Gasteiger partial charge >= 0.3 is 5.97 Å². The smallest absolute Gasteiger partial charge is 0.321 e. The van der Waals surface area contributed by atoms with Crippen LogP contribution in [0, 0.1) is 17.2 Å². The Labute approximate surface area is 262 Å². The van der Waals surface area contributed by atoms with Crippen LogP contribution in [0.4, 0.5) is 4.39 Å². The van der Waals surface area contributed by atoms with Gasteiger partial charge in [0.2, 0.25) is 0 Å². The lowest BCUT2D eigenvalue weighted by atomic mass is 9.85. The number of piperidine rings is 1. The topological polar surface area (TPSA) is 70.8 Å².